The molecule has 2 heterocycles. The molecule has 1 saturated heterocycles. The number of carboxylic acids is 1. The summed E-state index contributed by atoms with van der Waals surface area (Å²) in [5, 5.41) is 8.99. The molecule has 0 aromatic heterocycles. The molecule has 0 aromatic carbocycles. The van der Waals surface area contributed by atoms with Crippen LogP contribution < -0.4 is 21.2 Å². The van der Waals surface area contributed by atoms with E-state index in [1.165, 1.54) is 6.92 Å². The Morgan fingerprint density at radius 2 is 1.77 bits per heavy atom. The molecule has 3 nitrogen and oxygen atoms in total. The number of halogens is 1. The Kier molecular flexibility index (Phi) is 2.17. The van der Waals surface area contributed by atoms with Crippen LogP contribution in [0.3, 0.4) is 0 Å². The molecule has 72 valence electrons. The van der Waals surface area contributed by atoms with Gasteiger partial charge in [-0.3, -0.25) is 0 Å². The first kappa shape index (κ1) is 9.18. The summed E-state index contributed by atoms with van der Waals surface area (Å²) >= 11 is -0.133. The summed E-state index contributed by atoms with van der Waals surface area (Å²) < 4.78 is 0.498. The van der Waals surface area contributed by atoms with Crippen molar-refractivity contribution < 1.29 is 35.9 Å². The summed E-state index contributed by atoms with van der Waals surface area (Å²) in [6, 6.07) is 0. The van der Waals surface area contributed by atoms with Crippen LogP contribution in [0.25, 0.3) is 0 Å². The number of aliphatic carboxylic acids is 1. The minimum atomic E-state index is -0.795. The van der Waals surface area contributed by atoms with Gasteiger partial charge >= 0.3 is 86.4 Å². The molecular weight excluding hydrogens is 283 g/mol. The van der Waals surface area contributed by atoms with Gasteiger partial charge in [0.15, 0.2) is 0 Å². The zero-order chi connectivity index (χ0) is 9.59. The van der Waals surface area contributed by atoms with Crippen molar-refractivity contribution in [3.63, 3.8) is 0 Å². The maximum absolute atomic E-state index is 11.3. The molecule has 13 heavy (non-hydrogen) atoms. The van der Waals surface area contributed by atoms with Crippen molar-refractivity contribution in [1.82, 2.24) is 0 Å². The number of fused-ring (bicyclic) bond motifs is 2. The van der Waals surface area contributed by atoms with Gasteiger partial charge in [-0.25, -0.2) is 0 Å². The zero-order valence-corrected chi connectivity index (χ0v) is 9.26. The third-order valence-corrected chi connectivity index (χ3v) is 6.64. The standard InChI is InChI=1S/C9H10IO3/c1-4(11)7-5-2-3-6(10-5)8(7)9(12)13/h2-3,5-8H,1H3,(H,12,13)/q-1. The van der Waals surface area contributed by atoms with Crippen LogP contribution in [-0.4, -0.2) is 24.7 Å². The van der Waals surface area contributed by atoms with E-state index in [0.29, 0.717) is 3.92 Å². The minimum absolute atomic E-state index is 0.0453. The number of carbonyl (C=O) groups is 2. The average molecular weight is 293 g/mol. The van der Waals surface area contributed by atoms with E-state index in [2.05, 4.69) is 0 Å². The first-order valence-electron chi connectivity index (χ1n) is 4.15. The third-order valence-electron chi connectivity index (χ3n) is 2.60. The predicted octanol–water partition coefficient (Wildman–Crippen LogP) is -2.70. The van der Waals surface area contributed by atoms with Gasteiger partial charge in [0.1, 0.15) is 0 Å². The van der Waals surface area contributed by atoms with E-state index in [9.17, 15) is 9.59 Å². The molecule has 0 amide bonds. The fraction of sp³-hybridized carbons (Fsp3) is 0.556. The second-order valence-electron chi connectivity index (χ2n) is 3.40. The Morgan fingerprint density at radius 1 is 1.23 bits per heavy atom. The Labute approximate surface area is 86.5 Å². The van der Waals surface area contributed by atoms with Gasteiger partial charge in [-0.1, -0.05) is 0 Å². The van der Waals surface area contributed by atoms with Crippen molar-refractivity contribution in [1.29, 1.82) is 0 Å². The Bertz CT molecular complexity index is 269. The fourth-order valence-corrected chi connectivity index (χ4v) is 6.54. The SMILES string of the molecule is CC(=O)C1C2C=CC([I-]2)C1C(=O)O. The molecule has 4 heteroatoms. The summed E-state index contributed by atoms with van der Waals surface area (Å²) in [6.45, 7) is 1.51. The Morgan fingerprint density at radius 3 is 2.15 bits per heavy atom. The molecule has 2 bridgehead atoms. The molecule has 0 aliphatic carbocycles. The molecule has 0 aromatic rings. The number of hydrogen-bond acceptors (Lipinski definition) is 2. The molecule has 2 aliphatic heterocycles. The van der Waals surface area contributed by atoms with Crippen LogP contribution in [-0.2, 0) is 9.59 Å². The quantitative estimate of drug-likeness (QED) is 0.342. The topological polar surface area (TPSA) is 54.4 Å². The number of Topliss-reactive ketones (excluding diaryl/α,β-unsaturated/α-hetero) is 1. The first-order chi connectivity index (χ1) is 6.11. The molecule has 2 rings (SSSR count). The molecule has 0 radical (unpaired) electrons. The summed E-state index contributed by atoms with van der Waals surface area (Å²) in [4.78, 5) is 22.2. The normalized spacial score (nSPS) is 41.6. The summed E-state index contributed by atoms with van der Waals surface area (Å²) in [6.07, 6.45) is 4.04. The summed E-state index contributed by atoms with van der Waals surface area (Å²) in [7, 11) is 0. The van der Waals surface area contributed by atoms with Crippen molar-refractivity contribution >= 4 is 11.8 Å². The number of allylic oxidation sites excluding steroid dienone is 2. The molecule has 1 N–H and O–H groups in total. The van der Waals surface area contributed by atoms with Crippen LogP contribution in [0.15, 0.2) is 12.2 Å². The number of rotatable bonds is 2. The van der Waals surface area contributed by atoms with Crippen molar-refractivity contribution in [3.8, 4) is 0 Å². The first-order valence-corrected chi connectivity index (χ1v) is 6.64. The molecule has 0 saturated carbocycles. The van der Waals surface area contributed by atoms with Crippen LogP contribution in [0, 0.1) is 11.8 Å². The van der Waals surface area contributed by atoms with E-state index >= 15 is 0 Å². The van der Waals surface area contributed by atoms with Crippen LogP contribution in [0.4, 0.5) is 0 Å². The third kappa shape index (κ3) is 1.31. The number of ketones is 1. The maximum atomic E-state index is 11.3. The van der Waals surface area contributed by atoms with Crippen LogP contribution in [0.2, 0.25) is 0 Å². The monoisotopic (exact) mass is 293 g/mol. The van der Waals surface area contributed by atoms with Gasteiger partial charge in [0, 0.05) is 0 Å². The van der Waals surface area contributed by atoms with Gasteiger partial charge in [0.25, 0.3) is 0 Å². The second kappa shape index (κ2) is 3.08. The van der Waals surface area contributed by atoms with E-state index in [-0.39, 0.29) is 36.8 Å². The van der Waals surface area contributed by atoms with Crippen molar-refractivity contribution in [2.24, 2.45) is 11.8 Å². The van der Waals surface area contributed by atoms with Gasteiger partial charge in [-0.15, -0.1) is 0 Å². The van der Waals surface area contributed by atoms with E-state index in [1.54, 1.807) is 0 Å². The fourth-order valence-electron chi connectivity index (χ4n) is 2.02. The van der Waals surface area contributed by atoms with Gasteiger partial charge in [-0.05, 0) is 0 Å². The van der Waals surface area contributed by atoms with Crippen LogP contribution in [0.1, 0.15) is 6.92 Å². The number of alkyl halides is 2. The van der Waals surface area contributed by atoms with Crippen LogP contribution >= 0.6 is 0 Å². The van der Waals surface area contributed by atoms with Gasteiger partial charge < -0.3 is 0 Å². The number of carbonyl (C=O) groups excluding carboxylic acids is 1. The van der Waals surface area contributed by atoms with E-state index < -0.39 is 11.9 Å². The summed E-state index contributed by atoms with van der Waals surface area (Å²) in [5.74, 6) is -1.39. The van der Waals surface area contributed by atoms with Crippen molar-refractivity contribution in [3.05, 3.63) is 12.2 Å². The van der Waals surface area contributed by atoms with E-state index in [4.69, 9.17) is 5.11 Å². The van der Waals surface area contributed by atoms with E-state index in [0.717, 1.165) is 0 Å². The van der Waals surface area contributed by atoms with Crippen molar-refractivity contribution in [2.75, 3.05) is 0 Å². The van der Waals surface area contributed by atoms with Crippen molar-refractivity contribution in [2.45, 2.75) is 14.8 Å². The predicted molar refractivity (Wildman–Crippen MR) is 42.0 cm³/mol. The molecule has 4 atom stereocenters. The second-order valence-corrected chi connectivity index (χ2v) is 7.00. The number of carboxylic acid groups (broad SMARTS) is 1. The van der Waals surface area contributed by atoms with Gasteiger partial charge in [0.05, 0.1) is 0 Å². The Hall–Kier alpha value is -0.390. The molecule has 1 fully saturated rings. The average Bonchev–Trinajstić information content (AvgIpc) is 2.60. The zero-order valence-electron chi connectivity index (χ0n) is 7.11. The van der Waals surface area contributed by atoms with E-state index in [1.807, 2.05) is 12.2 Å². The number of hydrogen-bond donors (Lipinski definition) is 1. The van der Waals surface area contributed by atoms with Gasteiger partial charge in [0.2, 0.25) is 0 Å². The molecule has 2 aliphatic rings. The molecule has 0 spiro atoms. The summed E-state index contributed by atoms with van der Waals surface area (Å²) in [5.41, 5.74) is 0. The van der Waals surface area contributed by atoms with Crippen LogP contribution in [0.5, 0.6) is 0 Å². The Balaban J connectivity index is 2.30. The van der Waals surface area contributed by atoms with Gasteiger partial charge in [-0.2, -0.15) is 0 Å². The molecule has 4 unspecified atom stereocenters. The molecular formula is C9H10IO3-.